The molecule has 4 aromatic rings. The van der Waals surface area contributed by atoms with E-state index in [2.05, 4.69) is 36.4 Å². The van der Waals surface area contributed by atoms with Crippen LogP contribution >= 0.6 is 7.60 Å². The van der Waals surface area contributed by atoms with Gasteiger partial charge in [0.25, 0.3) is 0 Å². The third-order valence-corrected chi connectivity index (χ3v) is 7.94. The summed E-state index contributed by atoms with van der Waals surface area (Å²) < 4.78 is 12.5. The maximum Gasteiger partial charge on any atom is 0.357 e. The number of aryl methyl sites for hydroxylation is 1. The zero-order valence-corrected chi connectivity index (χ0v) is 18.5. The summed E-state index contributed by atoms with van der Waals surface area (Å²) in [6.45, 7) is 0. The van der Waals surface area contributed by atoms with Crippen LogP contribution < -0.4 is 5.30 Å². The highest BCUT2D eigenvalue weighted by Crippen LogP contribution is 2.43. The van der Waals surface area contributed by atoms with Crippen molar-refractivity contribution in [1.82, 2.24) is 0 Å². The monoisotopic (exact) mass is 438 g/mol. The Morgan fingerprint density at radius 1 is 0.750 bits per heavy atom. The molecule has 0 radical (unpaired) electrons. The molecule has 0 bridgehead atoms. The van der Waals surface area contributed by atoms with Crippen molar-refractivity contribution in [3.63, 3.8) is 0 Å². The average molecular weight is 438 g/mol. The fourth-order valence-electron chi connectivity index (χ4n) is 5.41. The highest BCUT2D eigenvalue weighted by atomic mass is 31.2. The van der Waals surface area contributed by atoms with E-state index in [0.29, 0.717) is 10.9 Å². The lowest BCUT2D eigenvalue weighted by Gasteiger charge is -2.25. The first-order chi connectivity index (χ1) is 15.5. The quantitative estimate of drug-likeness (QED) is 0.351. The summed E-state index contributed by atoms with van der Waals surface area (Å²) >= 11 is 0. The van der Waals surface area contributed by atoms with Crippen LogP contribution in [0.15, 0.2) is 84.5 Å². The summed E-state index contributed by atoms with van der Waals surface area (Å²) in [6, 6.07) is 21.7. The van der Waals surface area contributed by atoms with Crippen molar-refractivity contribution in [2.75, 3.05) is 0 Å². The van der Waals surface area contributed by atoms with Gasteiger partial charge in [0.05, 0.1) is 5.30 Å². The van der Waals surface area contributed by atoms with Crippen LogP contribution in [0.3, 0.4) is 0 Å². The van der Waals surface area contributed by atoms with Crippen molar-refractivity contribution in [2.45, 2.75) is 25.7 Å². The molecular weight excluding hydrogens is 415 g/mol. The fraction of sp³-hybridized carbons (Fsp3) is 0.143. The lowest BCUT2D eigenvalue weighted by molar-refractivity contribution is 0.388. The molecule has 2 N–H and O–H groups in total. The molecule has 4 aromatic carbocycles. The van der Waals surface area contributed by atoms with Gasteiger partial charge in [-0.1, -0.05) is 78.4 Å². The minimum absolute atomic E-state index is 0.107. The summed E-state index contributed by atoms with van der Waals surface area (Å²) in [5.41, 5.74) is 7.10. The smallest absolute Gasteiger partial charge is 0.321 e. The minimum atomic E-state index is -4.48. The molecular formula is C28H23O3P. The number of hydrogen-bond acceptors (Lipinski definition) is 1. The van der Waals surface area contributed by atoms with Crippen LogP contribution in [-0.2, 0) is 11.0 Å². The lowest BCUT2D eigenvalue weighted by Crippen LogP contribution is -2.10. The average Bonchev–Trinajstić information content (AvgIpc) is 2.81. The highest BCUT2D eigenvalue weighted by Gasteiger charge is 2.26. The maximum absolute atomic E-state index is 12.5. The maximum atomic E-state index is 12.5. The molecule has 3 nitrogen and oxygen atoms in total. The molecule has 0 fully saturated rings. The van der Waals surface area contributed by atoms with E-state index in [0.717, 1.165) is 42.0 Å². The molecule has 0 atom stereocenters. The normalized spacial score (nSPS) is 15.8. The number of hydrogen-bond donors (Lipinski definition) is 2. The molecule has 6 rings (SSSR count). The van der Waals surface area contributed by atoms with Gasteiger partial charge in [0.2, 0.25) is 0 Å². The molecule has 0 heterocycles. The van der Waals surface area contributed by atoms with Crippen molar-refractivity contribution >= 4 is 40.0 Å². The molecule has 0 saturated carbocycles. The van der Waals surface area contributed by atoms with E-state index in [-0.39, 0.29) is 5.30 Å². The Hall–Kier alpha value is -2.97. The van der Waals surface area contributed by atoms with Gasteiger partial charge in [-0.25, -0.2) is 0 Å². The second-order valence-electron chi connectivity index (χ2n) is 8.71. The predicted octanol–water partition coefficient (Wildman–Crippen LogP) is 6.51. The van der Waals surface area contributed by atoms with Gasteiger partial charge in [0.1, 0.15) is 0 Å². The van der Waals surface area contributed by atoms with Crippen LogP contribution in [0.25, 0.3) is 38.2 Å². The topological polar surface area (TPSA) is 57.5 Å². The molecule has 0 aliphatic heterocycles. The highest BCUT2D eigenvalue weighted by molar-refractivity contribution is 7.61. The van der Waals surface area contributed by atoms with Gasteiger partial charge >= 0.3 is 7.60 Å². The molecule has 32 heavy (non-hydrogen) atoms. The standard InChI is InChI=1S/C28H23O3P/c29-32(30,31)28-24-8-4-2-6-19(24)9-14-25(28)21-11-13-23-20(17-21)12-16-26-22-7-3-1-5-18(22)10-15-27(23)26/h2-4,6-9,11-14,16-17H,1,5,10,15H2,(H2,29,30,31). The van der Waals surface area contributed by atoms with E-state index in [1.54, 1.807) is 11.6 Å². The number of allylic oxidation sites excluding steroid dienone is 4. The first-order valence-electron chi connectivity index (χ1n) is 11.0. The molecule has 0 spiro atoms. The van der Waals surface area contributed by atoms with Gasteiger partial charge in [-0.05, 0) is 81.1 Å². The first-order valence-corrected chi connectivity index (χ1v) is 12.6. The zero-order chi connectivity index (χ0) is 21.9. The third-order valence-electron chi connectivity index (χ3n) is 6.88. The lowest BCUT2D eigenvalue weighted by atomic mass is 9.79. The van der Waals surface area contributed by atoms with Crippen LogP contribution in [0.1, 0.15) is 30.4 Å². The van der Waals surface area contributed by atoms with Gasteiger partial charge in [0.15, 0.2) is 0 Å². The van der Waals surface area contributed by atoms with Crippen LogP contribution in [0.4, 0.5) is 0 Å². The predicted molar refractivity (Wildman–Crippen MR) is 132 cm³/mol. The summed E-state index contributed by atoms with van der Waals surface area (Å²) in [6.07, 6.45) is 9.00. The Labute approximate surface area is 186 Å². The fourth-order valence-corrected chi connectivity index (χ4v) is 6.45. The largest absolute Gasteiger partial charge is 0.357 e. The molecule has 158 valence electrons. The minimum Gasteiger partial charge on any atom is -0.321 e. The Morgan fingerprint density at radius 2 is 1.56 bits per heavy atom. The van der Waals surface area contributed by atoms with Gasteiger partial charge < -0.3 is 9.79 Å². The molecule has 0 saturated heterocycles. The van der Waals surface area contributed by atoms with Crippen molar-refractivity contribution in [1.29, 1.82) is 0 Å². The van der Waals surface area contributed by atoms with Crippen LogP contribution in [0, 0.1) is 0 Å². The van der Waals surface area contributed by atoms with Crippen molar-refractivity contribution in [3.05, 3.63) is 95.6 Å². The van der Waals surface area contributed by atoms with Crippen LogP contribution in [-0.4, -0.2) is 9.79 Å². The SMILES string of the molecule is O=P(O)(O)c1c(-c2ccc3c4c(ccc3c2)C2=C(CCC=C2)CC4)ccc2ccccc12. The Morgan fingerprint density at radius 3 is 2.44 bits per heavy atom. The Kier molecular flexibility index (Phi) is 4.48. The number of rotatable bonds is 2. The van der Waals surface area contributed by atoms with Gasteiger partial charge in [-0.2, -0.15) is 0 Å². The summed E-state index contributed by atoms with van der Waals surface area (Å²) in [5, 5.41) is 3.88. The van der Waals surface area contributed by atoms with E-state index >= 15 is 0 Å². The first kappa shape index (κ1) is 19.7. The van der Waals surface area contributed by atoms with Crippen molar-refractivity contribution < 1.29 is 14.4 Å². The van der Waals surface area contributed by atoms with Gasteiger partial charge in [-0.15, -0.1) is 0 Å². The molecule has 4 heteroatoms. The van der Waals surface area contributed by atoms with E-state index < -0.39 is 7.60 Å². The molecule has 2 aliphatic rings. The van der Waals surface area contributed by atoms with E-state index in [4.69, 9.17) is 0 Å². The Balaban J connectivity index is 1.55. The Bertz CT molecular complexity index is 1520. The van der Waals surface area contributed by atoms with E-state index in [1.807, 2.05) is 36.4 Å². The zero-order valence-electron chi connectivity index (χ0n) is 17.6. The van der Waals surface area contributed by atoms with Gasteiger partial charge in [0, 0.05) is 0 Å². The second-order valence-corrected chi connectivity index (χ2v) is 10.2. The summed E-state index contributed by atoms with van der Waals surface area (Å²) in [5.74, 6) is 0. The molecule has 0 aromatic heterocycles. The number of benzene rings is 4. The summed E-state index contributed by atoms with van der Waals surface area (Å²) in [7, 11) is -4.48. The van der Waals surface area contributed by atoms with Crippen LogP contribution in [0.5, 0.6) is 0 Å². The van der Waals surface area contributed by atoms with E-state index in [1.165, 1.54) is 22.1 Å². The van der Waals surface area contributed by atoms with Crippen molar-refractivity contribution in [2.24, 2.45) is 0 Å². The van der Waals surface area contributed by atoms with Crippen LogP contribution in [0.2, 0.25) is 0 Å². The molecule has 0 amide bonds. The summed E-state index contributed by atoms with van der Waals surface area (Å²) in [4.78, 5) is 20.4. The molecule has 0 unspecified atom stereocenters. The second kappa shape index (κ2) is 7.28. The van der Waals surface area contributed by atoms with Crippen molar-refractivity contribution in [3.8, 4) is 11.1 Å². The molecule has 2 aliphatic carbocycles. The van der Waals surface area contributed by atoms with Gasteiger partial charge in [-0.3, -0.25) is 4.57 Å². The number of fused-ring (bicyclic) bond motifs is 5. The third kappa shape index (κ3) is 3.09. The van der Waals surface area contributed by atoms with E-state index in [9.17, 15) is 14.4 Å².